The van der Waals surface area contributed by atoms with E-state index in [1.807, 2.05) is 67.7 Å². The minimum Gasteiger partial charge on any atom is -0.361 e. The molecule has 1 fully saturated rings. The van der Waals surface area contributed by atoms with Crippen LogP contribution in [0.5, 0.6) is 0 Å². The van der Waals surface area contributed by atoms with Gasteiger partial charge in [0.15, 0.2) is 0 Å². The van der Waals surface area contributed by atoms with Gasteiger partial charge in [-0.25, -0.2) is 0 Å². The molecule has 1 saturated carbocycles. The van der Waals surface area contributed by atoms with E-state index in [1.54, 1.807) is 0 Å². The third-order valence-electron chi connectivity index (χ3n) is 5.78. The van der Waals surface area contributed by atoms with E-state index in [2.05, 4.69) is 15.6 Å². The second kappa shape index (κ2) is 8.52. The molecule has 3 aromatic rings. The largest absolute Gasteiger partial charge is 0.361 e. The molecule has 2 atom stereocenters. The number of H-pyrrole nitrogens is 1. The fourth-order valence-electron chi connectivity index (χ4n) is 3.75. The molecular weight excluding hydrogens is 362 g/mol. The highest BCUT2D eigenvalue weighted by Crippen LogP contribution is 2.36. The minimum absolute atomic E-state index is 0.0350. The van der Waals surface area contributed by atoms with Gasteiger partial charge in [0.05, 0.1) is 0 Å². The van der Waals surface area contributed by atoms with E-state index in [1.165, 1.54) is 0 Å². The minimum atomic E-state index is -0.605. The molecule has 0 bridgehead atoms. The number of hydrogen-bond acceptors (Lipinski definition) is 2. The summed E-state index contributed by atoms with van der Waals surface area (Å²) in [7, 11) is 0. The Labute approximate surface area is 170 Å². The summed E-state index contributed by atoms with van der Waals surface area (Å²) in [6.07, 6.45) is 4.58. The SMILES string of the molecule is CC(C(=O)NC(Cc1c[nH]c2ccccc12)C(=O)NCc1ccccc1)C1CC1. The fraction of sp³-hybridized carbons (Fsp3) is 0.333. The molecule has 2 amide bonds. The smallest absolute Gasteiger partial charge is 0.243 e. The van der Waals surface area contributed by atoms with Crippen molar-refractivity contribution in [2.45, 2.75) is 38.8 Å². The summed E-state index contributed by atoms with van der Waals surface area (Å²) >= 11 is 0. The number of carbonyl (C=O) groups is 2. The molecule has 0 saturated heterocycles. The van der Waals surface area contributed by atoms with E-state index < -0.39 is 6.04 Å². The Morgan fingerprint density at radius 2 is 1.76 bits per heavy atom. The van der Waals surface area contributed by atoms with Crippen LogP contribution in [0.4, 0.5) is 0 Å². The van der Waals surface area contributed by atoms with Crippen LogP contribution >= 0.6 is 0 Å². The normalized spacial score (nSPS) is 15.6. The zero-order valence-corrected chi connectivity index (χ0v) is 16.7. The van der Waals surface area contributed by atoms with E-state index in [0.29, 0.717) is 18.9 Å². The van der Waals surface area contributed by atoms with Crippen LogP contribution in [0.15, 0.2) is 60.8 Å². The number of aromatic nitrogens is 1. The Morgan fingerprint density at radius 3 is 2.52 bits per heavy atom. The Bertz CT molecular complexity index is 992. The fourth-order valence-corrected chi connectivity index (χ4v) is 3.75. The first kappa shape index (κ1) is 19.2. The van der Waals surface area contributed by atoms with Crippen molar-refractivity contribution in [3.05, 3.63) is 71.9 Å². The van der Waals surface area contributed by atoms with Crippen LogP contribution in [-0.4, -0.2) is 22.8 Å². The summed E-state index contributed by atoms with van der Waals surface area (Å²) in [5, 5.41) is 7.08. The van der Waals surface area contributed by atoms with Gasteiger partial charge in [0.2, 0.25) is 11.8 Å². The second-order valence-corrected chi connectivity index (χ2v) is 7.95. The predicted octanol–water partition coefficient (Wildman–Crippen LogP) is 3.56. The zero-order valence-electron chi connectivity index (χ0n) is 16.7. The first-order valence-electron chi connectivity index (χ1n) is 10.3. The van der Waals surface area contributed by atoms with Gasteiger partial charge >= 0.3 is 0 Å². The maximum Gasteiger partial charge on any atom is 0.243 e. The Morgan fingerprint density at radius 1 is 1.03 bits per heavy atom. The van der Waals surface area contributed by atoms with Crippen LogP contribution in [0.2, 0.25) is 0 Å². The van der Waals surface area contributed by atoms with Crippen LogP contribution in [0, 0.1) is 11.8 Å². The molecule has 1 heterocycles. The number of nitrogens with one attached hydrogen (secondary N) is 3. The summed E-state index contributed by atoms with van der Waals surface area (Å²) in [4.78, 5) is 28.9. The number of amides is 2. The van der Waals surface area contributed by atoms with E-state index in [9.17, 15) is 9.59 Å². The molecule has 29 heavy (non-hydrogen) atoms. The summed E-state index contributed by atoms with van der Waals surface area (Å²) in [6.45, 7) is 2.40. The van der Waals surface area contributed by atoms with Crippen molar-refractivity contribution in [2.24, 2.45) is 11.8 Å². The lowest BCUT2D eigenvalue weighted by Gasteiger charge is -2.21. The molecule has 3 N–H and O–H groups in total. The Hall–Kier alpha value is -3.08. The number of para-hydroxylation sites is 1. The molecule has 4 rings (SSSR count). The summed E-state index contributed by atoms with van der Waals surface area (Å²) in [5.74, 6) is 0.209. The van der Waals surface area contributed by atoms with Gasteiger partial charge in [-0.15, -0.1) is 0 Å². The first-order chi connectivity index (χ1) is 14.1. The lowest BCUT2D eigenvalue weighted by atomic mass is 10.0. The summed E-state index contributed by atoms with van der Waals surface area (Å²) < 4.78 is 0. The summed E-state index contributed by atoms with van der Waals surface area (Å²) in [5.41, 5.74) is 3.09. The first-order valence-corrected chi connectivity index (χ1v) is 10.3. The molecule has 5 nitrogen and oxygen atoms in total. The van der Waals surface area contributed by atoms with Gasteiger partial charge in [-0.1, -0.05) is 55.5 Å². The van der Waals surface area contributed by atoms with Gasteiger partial charge in [-0.2, -0.15) is 0 Å². The molecule has 150 valence electrons. The lowest BCUT2D eigenvalue weighted by Crippen LogP contribution is -2.49. The molecule has 2 unspecified atom stereocenters. The van der Waals surface area contributed by atoms with Gasteiger partial charge in [0.1, 0.15) is 6.04 Å². The van der Waals surface area contributed by atoms with E-state index in [4.69, 9.17) is 0 Å². The topological polar surface area (TPSA) is 74.0 Å². The number of benzene rings is 2. The molecule has 0 radical (unpaired) electrons. The average molecular weight is 389 g/mol. The lowest BCUT2D eigenvalue weighted by molar-refractivity contribution is -0.131. The van der Waals surface area contributed by atoms with Crippen molar-refractivity contribution < 1.29 is 9.59 Å². The molecule has 0 aliphatic heterocycles. The molecule has 0 spiro atoms. The Balaban J connectivity index is 1.49. The van der Waals surface area contributed by atoms with Crippen molar-refractivity contribution in [1.29, 1.82) is 0 Å². The Kier molecular flexibility index (Phi) is 5.65. The van der Waals surface area contributed by atoms with Crippen molar-refractivity contribution in [2.75, 3.05) is 0 Å². The number of carbonyl (C=O) groups excluding carboxylic acids is 2. The van der Waals surface area contributed by atoms with Crippen molar-refractivity contribution >= 4 is 22.7 Å². The van der Waals surface area contributed by atoms with E-state index >= 15 is 0 Å². The van der Waals surface area contributed by atoms with Gasteiger partial charge in [0.25, 0.3) is 0 Å². The monoisotopic (exact) mass is 389 g/mol. The quantitative estimate of drug-likeness (QED) is 0.551. The number of fused-ring (bicyclic) bond motifs is 1. The zero-order chi connectivity index (χ0) is 20.2. The number of hydrogen-bond donors (Lipinski definition) is 3. The van der Waals surface area contributed by atoms with Crippen LogP contribution in [0.1, 0.15) is 30.9 Å². The maximum absolute atomic E-state index is 13.0. The summed E-state index contributed by atoms with van der Waals surface area (Å²) in [6, 6.07) is 17.2. The molecule has 1 aliphatic rings. The molecule has 1 aliphatic carbocycles. The van der Waals surface area contributed by atoms with Crippen molar-refractivity contribution in [1.82, 2.24) is 15.6 Å². The standard InChI is InChI=1S/C24H27N3O2/c1-16(18-11-12-18)23(28)27-22(24(29)26-14-17-7-3-2-4-8-17)13-19-15-25-21-10-6-5-9-20(19)21/h2-10,15-16,18,22,25H,11-14H2,1H3,(H,26,29)(H,27,28). The molecular formula is C24H27N3O2. The van der Waals surface area contributed by atoms with Gasteiger partial charge in [-0.3, -0.25) is 9.59 Å². The highest BCUT2D eigenvalue weighted by Gasteiger charge is 2.34. The molecule has 5 heteroatoms. The maximum atomic E-state index is 13.0. The second-order valence-electron chi connectivity index (χ2n) is 7.95. The highest BCUT2D eigenvalue weighted by molar-refractivity contribution is 5.90. The number of aromatic amines is 1. The van der Waals surface area contributed by atoms with E-state index in [0.717, 1.165) is 34.9 Å². The van der Waals surface area contributed by atoms with Crippen LogP contribution in [0.3, 0.4) is 0 Å². The average Bonchev–Trinajstić information content (AvgIpc) is 3.53. The van der Waals surface area contributed by atoms with Gasteiger partial charge < -0.3 is 15.6 Å². The van der Waals surface area contributed by atoms with Gasteiger partial charge in [-0.05, 0) is 36.0 Å². The highest BCUT2D eigenvalue weighted by atomic mass is 16.2. The van der Waals surface area contributed by atoms with Crippen LogP contribution in [-0.2, 0) is 22.6 Å². The van der Waals surface area contributed by atoms with Gasteiger partial charge in [0, 0.05) is 36.0 Å². The predicted molar refractivity (Wildman–Crippen MR) is 114 cm³/mol. The van der Waals surface area contributed by atoms with Crippen LogP contribution < -0.4 is 10.6 Å². The molecule has 2 aromatic carbocycles. The molecule has 1 aromatic heterocycles. The third kappa shape index (κ3) is 4.67. The van der Waals surface area contributed by atoms with E-state index in [-0.39, 0.29) is 17.7 Å². The van der Waals surface area contributed by atoms with Crippen molar-refractivity contribution in [3.8, 4) is 0 Å². The van der Waals surface area contributed by atoms with Crippen LogP contribution in [0.25, 0.3) is 10.9 Å². The van der Waals surface area contributed by atoms with Crippen molar-refractivity contribution in [3.63, 3.8) is 0 Å². The third-order valence-corrected chi connectivity index (χ3v) is 5.78. The number of rotatable bonds is 8.